The third kappa shape index (κ3) is 3.52. The lowest BCUT2D eigenvalue weighted by atomic mass is 10.2. The summed E-state index contributed by atoms with van der Waals surface area (Å²) < 4.78 is 0. The van der Waals surface area contributed by atoms with Crippen LogP contribution in [0.4, 0.5) is 0 Å². The standard InChI is InChI=1S/C14H13Cl2NO2S/c1-8-4-5-20-13(8)12(18)7-17-14(19)10-3-2-9(15)6-11(10)16/h2-6,12,18H,7H2,1H3,(H,17,19). The zero-order valence-corrected chi connectivity index (χ0v) is 13.0. The molecule has 0 bridgehead atoms. The van der Waals surface area contributed by atoms with Crippen LogP contribution in [-0.2, 0) is 0 Å². The number of carbonyl (C=O) groups is 1. The number of aliphatic hydroxyl groups excluding tert-OH is 1. The van der Waals surface area contributed by atoms with Crippen molar-refractivity contribution in [1.29, 1.82) is 0 Å². The molecule has 0 spiro atoms. The number of carbonyl (C=O) groups excluding carboxylic acids is 1. The smallest absolute Gasteiger partial charge is 0.252 e. The summed E-state index contributed by atoms with van der Waals surface area (Å²) in [5.41, 5.74) is 1.35. The predicted molar refractivity (Wildman–Crippen MR) is 82.8 cm³/mol. The third-order valence-corrected chi connectivity index (χ3v) is 4.50. The van der Waals surface area contributed by atoms with Gasteiger partial charge in [-0.15, -0.1) is 11.3 Å². The maximum Gasteiger partial charge on any atom is 0.252 e. The van der Waals surface area contributed by atoms with Crippen molar-refractivity contribution in [1.82, 2.24) is 5.32 Å². The number of hydrogen-bond donors (Lipinski definition) is 2. The average Bonchev–Trinajstić information content (AvgIpc) is 2.82. The Balaban J connectivity index is 2.00. The number of amides is 1. The van der Waals surface area contributed by atoms with Crippen molar-refractivity contribution in [3.8, 4) is 0 Å². The van der Waals surface area contributed by atoms with E-state index in [1.165, 1.54) is 17.4 Å². The minimum absolute atomic E-state index is 0.138. The van der Waals surface area contributed by atoms with E-state index in [1.54, 1.807) is 12.1 Å². The molecule has 6 heteroatoms. The molecule has 0 aliphatic rings. The topological polar surface area (TPSA) is 49.3 Å². The lowest BCUT2D eigenvalue weighted by molar-refractivity contribution is 0.0918. The minimum Gasteiger partial charge on any atom is -0.386 e. The van der Waals surface area contributed by atoms with Crippen molar-refractivity contribution in [2.45, 2.75) is 13.0 Å². The molecule has 0 aliphatic carbocycles. The van der Waals surface area contributed by atoms with Crippen molar-refractivity contribution in [3.63, 3.8) is 0 Å². The molecule has 1 amide bonds. The number of aliphatic hydroxyl groups is 1. The first-order valence-electron chi connectivity index (χ1n) is 5.94. The number of rotatable bonds is 4. The lowest BCUT2D eigenvalue weighted by Crippen LogP contribution is -2.28. The summed E-state index contributed by atoms with van der Waals surface area (Å²) in [5, 5.41) is 15.4. The SMILES string of the molecule is Cc1ccsc1C(O)CNC(=O)c1ccc(Cl)cc1Cl. The van der Waals surface area contributed by atoms with E-state index in [0.29, 0.717) is 10.6 Å². The van der Waals surface area contributed by atoms with E-state index in [4.69, 9.17) is 23.2 Å². The molecule has 0 radical (unpaired) electrons. The molecule has 2 rings (SSSR count). The zero-order chi connectivity index (χ0) is 14.7. The van der Waals surface area contributed by atoms with Gasteiger partial charge >= 0.3 is 0 Å². The number of hydrogen-bond acceptors (Lipinski definition) is 3. The molecule has 0 saturated carbocycles. The zero-order valence-electron chi connectivity index (χ0n) is 10.7. The summed E-state index contributed by atoms with van der Waals surface area (Å²) >= 11 is 13.2. The van der Waals surface area contributed by atoms with Crippen molar-refractivity contribution in [2.75, 3.05) is 6.54 Å². The van der Waals surface area contributed by atoms with Gasteiger partial charge in [0, 0.05) is 16.4 Å². The summed E-state index contributed by atoms with van der Waals surface area (Å²) in [6, 6.07) is 6.60. The van der Waals surface area contributed by atoms with Crippen molar-refractivity contribution < 1.29 is 9.90 Å². The summed E-state index contributed by atoms with van der Waals surface area (Å²) in [7, 11) is 0. The van der Waals surface area contributed by atoms with Gasteiger partial charge in [-0.1, -0.05) is 23.2 Å². The van der Waals surface area contributed by atoms with Gasteiger partial charge in [-0.05, 0) is 42.1 Å². The number of thiophene rings is 1. The van der Waals surface area contributed by atoms with Crippen LogP contribution in [-0.4, -0.2) is 17.6 Å². The van der Waals surface area contributed by atoms with Crippen LogP contribution in [0.15, 0.2) is 29.6 Å². The predicted octanol–water partition coefficient (Wildman–Crippen LogP) is 3.83. The van der Waals surface area contributed by atoms with E-state index in [1.807, 2.05) is 18.4 Å². The highest BCUT2D eigenvalue weighted by Gasteiger charge is 2.15. The van der Waals surface area contributed by atoms with Gasteiger partial charge in [-0.25, -0.2) is 0 Å². The molecule has 0 aliphatic heterocycles. The number of halogens is 2. The monoisotopic (exact) mass is 329 g/mol. The molecule has 2 aromatic rings. The fourth-order valence-corrected chi connectivity index (χ4v) is 3.18. The quantitative estimate of drug-likeness (QED) is 0.895. The van der Waals surface area contributed by atoms with Crippen LogP contribution in [0.1, 0.15) is 26.9 Å². The summed E-state index contributed by atoms with van der Waals surface area (Å²) in [6.45, 7) is 2.06. The van der Waals surface area contributed by atoms with Gasteiger partial charge in [0.05, 0.1) is 10.6 Å². The number of nitrogens with one attached hydrogen (secondary N) is 1. The summed E-state index contributed by atoms with van der Waals surface area (Å²) in [5.74, 6) is -0.333. The van der Waals surface area contributed by atoms with Gasteiger partial charge in [-0.3, -0.25) is 4.79 Å². The van der Waals surface area contributed by atoms with Gasteiger partial charge in [0.1, 0.15) is 6.10 Å². The average molecular weight is 330 g/mol. The summed E-state index contributed by atoms with van der Waals surface area (Å²) in [4.78, 5) is 12.8. The first-order chi connectivity index (χ1) is 9.49. The van der Waals surface area contributed by atoms with Crippen LogP contribution in [0.3, 0.4) is 0 Å². The summed E-state index contributed by atoms with van der Waals surface area (Å²) in [6.07, 6.45) is -0.718. The Morgan fingerprint density at radius 1 is 1.40 bits per heavy atom. The molecule has 1 unspecified atom stereocenters. The second-order valence-corrected chi connectivity index (χ2v) is 6.11. The van der Waals surface area contributed by atoms with Crippen LogP contribution in [0, 0.1) is 6.92 Å². The molecule has 3 nitrogen and oxygen atoms in total. The highest BCUT2D eigenvalue weighted by Crippen LogP contribution is 2.24. The van der Waals surface area contributed by atoms with Crippen molar-refractivity contribution in [2.24, 2.45) is 0 Å². The van der Waals surface area contributed by atoms with E-state index in [-0.39, 0.29) is 17.5 Å². The second kappa shape index (κ2) is 6.59. The molecule has 1 aromatic heterocycles. The van der Waals surface area contributed by atoms with Crippen LogP contribution in [0.2, 0.25) is 10.0 Å². The Hall–Kier alpha value is -1.07. The van der Waals surface area contributed by atoms with E-state index in [2.05, 4.69) is 5.32 Å². The van der Waals surface area contributed by atoms with Gasteiger partial charge in [0.15, 0.2) is 0 Å². The minimum atomic E-state index is -0.718. The van der Waals surface area contributed by atoms with Gasteiger partial charge in [-0.2, -0.15) is 0 Å². The highest BCUT2D eigenvalue weighted by atomic mass is 35.5. The largest absolute Gasteiger partial charge is 0.386 e. The molecule has 0 saturated heterocycles. The highest BCUT2D eigenvalue weighted by molar-refractivity contribution is 7.10. The fraction of sp³-hybridized carbons (Fsp3) is 0.214. The van der Waals surface area contributed by atoms with Gasteiger partial charge in [0.2, 0.25) is 0 Å². The first kappa shape index (κ1) is 15.3. The molecule has 1 atom stereocenters. The molecule has 106 valence electrons. The molecule has 1 aromatic carbocycles. The maximum absolute atomic E-state index is 12.0. The van der Waals surface area contributed by atoms with Crippen molar-refractivity contribution in [3.05, 3.63) is 55.7 Å². The van der Waals surface area contributed by atoms with E-state index < -0.39 is 6.10 Å². The Morgan fingerprint density at radius 2 is 2.15 bits per heavy atom. The molecular weight excluding hydrogens is 317 g/mol. The van der Waals surface area contributed by atoms with E-state index in [9.17, 15) is 9.90 Å². The Kier molecular flexibility index (Phi) is 5.05. The molecule has 0 fully saturated rings. The normalized spacial score (nSPS) is 12.2. The van der Waals surface area contributed by atoms with Crippen LogP contribution in [0.25, 0.3) is 0 Å². The third-order valence-electron chi connectivity index (χ3n) is 2.84. The Morgan fingerprint density at radius 3 is 2.75 bits per heavy atom. The maximum atomic E-state index is 12.0. The van der Waals surface area contributed by atoms with Gasteiger partial charge < -0.3 is 10.4 Å². The van der Waals surface area contributed by atoms with Crippen LogP contribution in [0.5, 0.6) is 0 Å². The molecular formula is C14H13Cl2NO2S. The molecule has 2 N–H and O–H groups in total. The van der Waals surface area contributed by atoms with Crippen LogP contribution < -0.4 is 5.32 Å². The fourth-order valence-electron chi connectivity index (χ4n) is 1.78. The second-order valence-electron chi connectivity index (χ2n) is 4.32. The van der Waals surface area contributed by atoms with Gasteiger partial charge in [0.25, 0.3) is 5.91 Å². The molecule has 1 heterocycles. The number of benzene rings is 1. The first-order valence-corrected chi connectivity index (χ1v) is 7.58. The Bertz CT molecular complexity index is 627. The van der Waals surface area contributed by atoms with Crippen LogP contribution >= 0.6 is 34.5 Å². The molecule has 20 heavy (non-hydrogen) atoms. The van der Waals surface area contributed by atoms with E-state index in [0.717, 1.165) is 10.4 Å². The van der Waals surface area contributed by atoms with E-state index >= 15 is 0 Å². The lowest BCUT2D eigenvalue weighted by Gasteiger charge is -2.12. The van der Waals surface area contributed by atoms with Crippen molar-refractivity contribution >= 4 is 40.4 Å². The Labute approximate surface area is 131 Å². The number of aryl methyl sites for hydroxylation is 1.